The molecule has 3 nitrogen and oxygen atoms in total. The quantitative estimate of drug-likeness (QED) is 0.741. The van der Waals surface area contributed by atoms with Gasteiger partial charge in [-0.05, 0) is 51.6 Å². The lowest BCUT2D eigenvalue weighted by molar-refractivity contribution is 0.103. The molecule has 0 spiro atoms. The number of fused-ring (bicyclic) bond motifs is 1. The van der Waals surface area contributed by atoms with E-state index in [0.29, 0.717) is 10.7 Å². The summed E-state index contributed by atoms with van der Waals surface area (Å²) < 4.78 is 14.7. The van der Waals surface area contributed by atoms with Gasteiger partial charge in [0.1, 0.15) is 11.6 Å². The molecule has 0 aliphatic carbocycles. The van der Waals surface area contributed by atoms with Crippen molar-refractivity contribution in [2.24, 2.45) is 0 Å². The second-order valence-corrected chi connectivity index (χ2v) is 6.11. The van der Waals surface area contributed by atoms with E-state index in [1.54, 1.807) is 30.5 Å². The third kappa shape index (κ3) is 2.71. The van der Waals surface area contributed by atoms with E-state index in [1.807, 2.05) is 0 Å². The van der Waals surface area contributed by atoms with Gasteiger partial charge in [0.2, 0.25) is 0 Å². The molecule has 0 fully saturated rings. The summed E-state index contributed by atoms with van der Waals surface area (Å²) in [4.78, 5) is 16.7. The zero-order valence-corrected chi connectivity index (χ0v) is 12.5. The van der Waals surface area contributed by atoms with Crippen molar-refractivity contribution in [2.45, 2.75) is 0 Å². The summed E-state index contributed by atoms with van der Waals surface area (Å²) in [7, 11) is 0. The number of carbonyl (C=O) groups is 1. The third-order valence-corrected chi connectivity index (χ3v) is 4.24. The number of halogens is 2. The highest BCUT2D eigenvalue weighted by atomic mass is 79.9. The normalized spacial score (nSPS) is 10.7. The molecule has 1 N–H and O–H groups in total. The van der Waals surface area contributed by atoms with E-state index in [0.717, 1.165) is 14.6 Å². The van der Waals surface area contributed by atoms with Gasteiger partial charge in [-0.15, -0.1) is 11.3 Å². The first-order valence-corrected chi connectivity index (χ1v) is 7.35. The maximum absolute atomic E-state index is 13.1. The van der Waals surface area contributed by atoms with E-state index in [4.69, 9.17) is 0 Å². The molecular weight excluding hydrogens is 343 g/mol. The number of hydrogen-bond acceptors (Lipinski definition) is 3. The Morgan fingerprint density at radius 2 is 2.10 bits per heavy atom. The second-order valence-electron chi connectivity index (χ2n) is 4.11. The number of benzene rings is 1. The molecule has 100 valence electrons. The van der Waals surface area contributed by atoms with Crippen LogP contribution in [0.3, 0.4) is 0 Å². The fraction of sp³-hybridized carbons (Fsp3) is 0. The minimum Gasteiger partial charge on any atom is -0.306 e. The Labute approximate surface area is 126 Å². The number of hydrogen-bond donors (Lipinski definition) is 1. The van der Waals surface area contributed by atoms with Crippen LogP contribution in [0.5, 0.6) is 0 Å². The number of nitrogens with zero attached hydrogens (tertiary/aromatic N) is 1. The Bertz CT molecular complexity index is 785. The van der Waals surface area contributed by atoms with E-state index in [2.05, 4.69) is 26.2 Å². The average molecular weight is 351 g/mol. The zero-order valence-electron chi connectivity index (χ0n) is 10.1. The lowest BCUT2D eigenvalue weighted by Crippen LogP contribution is -2.10. The van der Waals surface area contributed by atoms with Crippen LogP contribution in [-0.4, -0.2) is 10.9 Å². The molecule has 0 radical (unpaired) electrons. The maximum atomic E-state index is 13.1. The molecule has 6 heteroatoms. The molecule has 3 rings (SSSR count). The molecule has 0 aliphatic rings. The number of carbonyl (C=O) groups excluding carboxylic acids is 1. The van der Waals surface area contributed by atoms with Gasteiger partial charge in [-0.3, -0.25) is 4.79 Å². The van der Waals surface area contributed by atoms with Crippen LogP contribution < -0.4 is 5.32 Å². The number of anilines is 1. The Kier molecular flexibility index (Phi) is 3.50. The first-order chi connectivity index (χ1) is 9.61. The molecule has 1 aromatic carbocycles. The van der Waals surface area contributed by atoms with Gasteiger partial charge in [0.25, 0.3) is 5.91 Å². The summed E-state index contributed by atoms with van der Waals surface area (Å²) in [5.74, 6) is -0.0795. The van der Waals surface area contributed by atoms with Crippen molar-refractivity contribution in [2.75, 3.05) is 5.32 Å². The van der Waals surface area contributed by atoms with Crippen LogP contribution >= 0.6 is 27.3 Å². The summed E-state index contributed by atoms with van der Waals surface area (Å²) in [6.45, 7) is 0. The van der Waals surface area contributed by atoms with Crippen molar-refractivity contribution in [1.82, 2.24) is 4.98 Å². The molecule has 0 bridgehead atoms. The molecule has 0 saturated carbocycles. The summed E-state index contributed by atoms with van der Waals surface area (Å²) in [6, 6.07) is 9.71. The molecule has 0 saturated heterocycles. The molecule has 1 amide bonds. The van der Waals surface area contributed by atoms with Crippen molar-refractivity contribution < 1.29 is 9.18 Å². The van der Waals surface area contributed by atoms with Gasteiger partial charge in [-0.25, -0.2) is 9.37 Å². The molecule has 3 aromatic rings. The first kappa shape index (κ1) is 13.2. The molecule has 0 atom stereocenters. The maximum Gasteiger partial charge on any atom is 0.266 e. The summed E-state index contributed by atoms with van der Waals surface area (Å²) >= 11 is 4.53. The van der Waals surface area contributed by atoms with Gasteiger partial charge in [0.05, 0.1) is 4.88 Å². The van der Waals surface area contributed by atoms with Gasteiger partial charge in [-0.1, -0.05) is 6.07 Å². The zero-order chi connectivity index (χ0) is 14.1. The monoisotopic (exact) mass is 350 g/mol. The summed E-state index contributed by atoms with van der Waals surface area (Å²) in [6.07, 6.45) is 1.61. The summed E-state index contributed by atoms with van der Waals surface area (Å²) in [5.41, 5.74) is 0. The number of amides is 1. The van der Waals surface area contributed by atoms with Crippen LogP contribution in [0, 0.1) is 5.82 Å². The molecule has 0 aliphatic heterocycles. The van der Waals surface area contributed by atoms with Crippen LogP contribution in [0.4, 0.5) is 10.2 Å². The van der Waals surface area contributed by atoms with Gasteiger partial charge in [0.15, 0.2) is 0 Å². The van der Waals surface area contributed by atoms with Gasteiger partial charge >= 0.3 is 0 Å². The smallest absolute Gasteiger partial charge is 0.266 e. The van der Waals surface area contributed by atoms with Gasteiger partial charge in [-0.2, -0.15) is 0 Å². The molecule has 0 unspecified atom stereocenters. The Morgan fingerprint density at radius 3 is 2.85 bits per heavy atom. The lowest BCUT2D eigenvalue weighted by atomic mass is 10.2. The fourth-order valence-corrected chi connectivity index (χ4v) is 2.96. The predicted molar refractivity (Wildman–Crippen MR) is 81.7 cm³/mol. The first-order valence-electron chi connectivity index (χ1n) is 5.74. The van der Waals surface area contributed by atoms with Crippen molar-refractivity contribution in [3.63, 3.8) is 0 Å². The SMILES string of the molecule is O=C(Nc1ccc(Br)cn1)c1cc2ccc(F)cc2s1. The Hall–Kier alpha value is -1.79. The molecular formula is C14H8BrFN2OS. The highest BCUT2D eigenvalue weighted by molar-refractivity contribution is 9.10. The van der Waals surface area contributed by atoms with Crippen molar-refractivity contribution in [3.8, 4) is 0 Å². The van der Waals surface area contributed by atoms with Crippen molar-refractivity contribution in [3.05, 3.63) is 57.8 Å². The van der Waals surface area contributed by atoms with E-state index < -0.39 is 0 Å². The molecule has 2 aromatic heterocycles. The van der Waals surface area contributed by atoms with Gasteiger partial charge in [0, 0.05) is 15.4 Å². The van der Waals surface area contributed by atoms with Crippen molar-refractivity contribution >= 4 is 49.1 Å². The minimum absolute atomic E-state index is 0.249. The van der Waals surface area contributed by atoms with E-state index in [1.165, 1.54) is 23.5 Å². The lowest BCUT2D eigenvalue weighted by Gasteiger charge is -2.01. The predicted octanol–water partition coefficient (Wildman–Crippen LogP) is 4.45. The number of aromatic nitrogens is 1. The fourth-order valence-electron chi connectivity index (χ4n) is 1.74. The summed E-state index contributed by atoms with van der Waals surface area (Å²) in [5, 5.41) is 3.56. The van der Waals surface area contributed by atoms with E-state index in [-0.39, 0.29) is 11.7 Å². The average Bonchev–Trinajstić information content (AvgIpc) is 2.84. The van der Waals surface area contributed by atoms with Crippen molar-refractivity contribution in [1.29, 1.82) is 0 Å². The second kappa shape index (κ2) is 5.30. The largest absolute Gasteiger partial charge is 0.306 e. The Balaban J connectivity index is 1.86. The van der Waals surface area contributed by atoms with Crippen LogP contribution in [0.2, 0.25) is 0 Å². The topological polar surface area (TPSA) is 42.0 Å². The number of pyridine rings is 1. The van der Waals surface area contributed by atoms with Crippen LogP contribution in [-0.2, 0) is 0 Å². The van der Waals surface area contributed by atoms with Crippen LogP contribution in [0.1, 0.15) is 9.67 Å². The standard InChI is InChI=1S/C14H8BrFN2OS/c15-9-2-4-13(17-7-9)18-14(19)12-5-8-1-3-10(16)6-11(8)20-12/h1-7H,(H,17,18,19). The number of thiophene rings is 1. The van der Waals surface area contributed by atoms with E-state index >= 15 is 0 Å². The third-order valence-electron chi connectivity index (χ3n) is 2.67. The van der Waals surface area contributed by atoms with Gasteiger partial charge < -0.3 is 5.32 Å². The Morgan fingerprint density at radius 1 is 1.25 bits per heavy atom. The number of nitrogens with one attached hydrogen (secondary N) is 1. The highest BCUT2D eigenvalue weighted by Gasteiger charge is 2.11. The minimum atomic E-state index is -0.305. The van der Waals surface area contributed by atoms with Crippen LogP contribution in [0.25, 0.3) is 10.1 Å². The highest BCUT2D eigenvalue weighted by Crippen LogP contribution is 2.26. The molecule has 2 heterocycles. The van der Waals surface area contributed by atoms with E-state index in [9.17, 15) is 9.18 Å². The number of rotatable bonds is 2. The van der Waals surface area contributed by atoms with Crippen LogP contribution in [0.15, 0.2) is 47.1 Å². The molecule has 20 heavy (non-hydrogen) atoms.